The molecule has 0 aromatic heterocycles. The lowest BCUT2D eigenvalue weighted by molar-refractivity contribution is -0.131. The van der Waals surface area contributed by atoms with Gasteiger partial charge in [0.1, 0.15) is 0 Å². The lowest BCUT2D eigenvalue weighted by Crippen LogP contribution is -2.32. The van der Waals surface area contributed by atoms with Crippen molar-refractivity contribution >= 4 is 5.91 Å². The molecule has 1 aliphatic carbocycles. The highest BCUT2D eigenvalue weighted by molar-refractivity contribution is 5.76. The van der Waals surface area contributed by atoms with Gasteiger partial charge in [-0.25, -0.2) is 0 Å². The highest BCUT2D eigenvalue weighted by Gasteiger charge is 2.18. The van der Waals surface area contributed by atoms with Crippen LogP contribution in [0.3, 0.4) is 0 Å². The Bertz CT molecular complexity index is 246. The van der Waals surface area contributed by atoms with E-state index in [-0.39, 0.29) is 5.91 Å². The van der Waals surface area contributed by atoms with E-state index in [4.69, 9.17) is 6.42 Å². The minimum atomic E-state index is 0.243. The van der Waals surface area contributed by atoms with Crippen LogP contribution in [0, 0.1) is 18.3 Å². The molecule has 0 heterocycles. The van der Waals surface area contributed by atoms with E-state index < -0.39 is 0 Å². The summed E-state index contributed by atoms with van der Waals surface area (Å²) in [6.07, 6.45) is 13.7. The van der Waals surface area contributed by atoms with E-state index in [9.17, 15) is 4.79 Å². The van der Waals surface area contributed by atoms with Gasteiger partial charge in [0.2, 0.25) is 5.91 Å². The van der Waals surface area contributed by atoms with Gasteiger partial charge < -0.3 is 4.90 Å². The first kappa shape index (κ1) is 13.1. The van der Waals surface area contributed by atoms with Crippen molar-refractivity contribution in [3.05, 3.63) is 0 Å². The van der Waals surface area contributed by atoms with E-state index in [0.29, 0.717) is 18.9 Å². The minimum Gasteiger partial charge on any atom is -0.332 e. The van der Waals surface area contributed by atoms with Crippen LogP contribution in [-0.2, 0) is 4.79 Å². The zero-order valence-electron chi connectivity index (χ0n) is 10.4. The predicted molar refractivity (Wildman–Crippen MR) is 66.9 cm³/mol. The quantitative estimate of drug-likeness (QED) is 0.528. The second kappa shape index (κ2) is 7.33. The van der Waals surface area contributed by atoms with E-state index in [2.05, 4.69) is 5.92 Å². The highest BCUT2D eigenvalue weighted by atomic mass is 16.2. The topological polar surface area (TPSA) is 20.3 Å². The molecule has 2 heteroatoms. The SMILES string of the molecule is C#CCN(CC)C(=O)CC1CCCCCC1. The molecule has 0 radical (unpaired) electrons. The summed E-state index contributed by atoms with van der Waals surface area (Å²) in [5.41, 5.74) is 0. The molecular weight excluding hydrogens is 198 g/mol. The van der Waals surface area contributed by atoms with Crippen molar-refractivity contribution in [3.63, 3.8) is 0 Å². The molecule has 1 aliphatic rings. The monoisotopic (exact) mass is 221 g/mol. The van der Waals surface area contributed by atoms with Gasteiger partial charge in [-0.1, -0.05) is 31.6 Å². The predicted octanol–water partition coefficient (Wildman–Crippen LogP) is 2.83. The largest absolute Gasteiger partial charge is 0.332 e. The smallest absolute Gasteiger partial charge is 0.223 e. The van der Waals surface area contributed by atoms with Gasteiger partial charge in [0.25, 0.3) is 0 Å². The molecule has 0 saturated heterocycles. The Morgan fingerprint density at radius 2 is 1.94 bits per heavy atom. The Labute approximate surface area is 99.4 Å². The summed E-state index contributed by atoms with van der Waals surface area (Å²) in [4.78, 5) is 13.8. The number of nitrogens with zero attached hydrogens (tertiary/aromatic N) is 1. The van der Waals surface area contributed by atoms with Crippen LogP contribution in [0.2, 0.25) is 0 Å². The molecule has 1 fully saturated rings. The molecule has 1 rings (SSSR count). The fourth-order valence-electron chi connectivity index (χ4n) is 2.43. The molecule has 2 nitrogen and oxygen atoms in total. The minimum absolute atomic E-state index is 0.243. The number of terminal acetylenes is 1. The fraction of sp³-hybridized carbons (Fsp3) is 0.786. The molecule has 16 heavy (non-hydrogen) atoms. The Morgan fingerprint density at radius 3 is 2.44 bits per heavy atom. The fourth-order valence-corrected chi connectivity index (χ4v) is 2.43. The van der Waals surface area contributed by atoms with E-state index in [1.54, 1.807) is 4.90 Å². The Kier molecular flexibility index (Phi) is 6.00. The van der Waals surface area contributed by atoms with Gasteiger partial charge in [0.05, 0.1) is 6.54 Å². The number of hydrogen-bond acceptors (Lipinski definition) is 1. The lowest BCUT2D eigenvalue weighted by Gasteiger charge is -2.21. The van der Waals surface area contributed by atoms with Crippen molar-refractivity contribution in [2.24, 2.45) is 5.92 Å². The van der Waals surface area contributed by atoms with Gasteiger partial charge in [-0.3, -0.25) is 4.79 Å². The third kappa shape index (κ3) is 4.26. The zero-order valence-corrected chi connectivity index (χ0v) is 10.4. The van der Waals surface area contributed by atoms with Crippen molar-refractivity contribution in [3.8, 4) is 12.3 Å². The van der Waals surface area contributed by atoms with Gasteiger partial charge in [-0.05, 0) is 25.7 Å². The lowest BCUT2D eigenvalue weighted by atomic mass is 9.96. The summed E-state index contributed by atoms with van der Waals surface area (Å²) >= 11 is 0. The summed E-state index contributed by atoms with van der Waals surface area (Å²) < 4.78 is 0. The summed E-state index contributed by atoms with van der Waals surface area (Å²) in [5, 5.41) is 0. The van der Waals surface area contributed by atoms with Crippen molar-refractivity contribution in [2.75, 3.05) is 13.1 Å². The average Bonchev–Trinajstić information content (AvgIpc) is 2.54. The highest BCUT2D eigenvalue weighted by Crippen LogP contribution is 2.25. The van der Waals surface area contributed by atoms with Crippen molar-refractivity contribution in [2.45, 2.75) is 51.9 Å². The molecule has 90 valence electrons. The second-order valence-electron chi connectivity index (χ2n) is 4.67. The van der Waals surface area contributed by atoms with Crippen LogP contribution >= 0.6 is 0 Å². The van der Waals surface area contributed by atoms with E-state index in [1.807, 2.05) is 6.92 Å². The van der Waals surface area contributed by atoms with Gasteiger partial charge in [-0.2, -0.15) is 0 Å². The van der Waals surface area contributed by atoms with Gasteiger partial charge in [0, 0.05) is 13.0 Å². The molecule has 0 aromatic rings. The number of hydrogen-bond donors (Lipinski definition) is 0. The number of carbonyl (C=O) groups is 1. The van der Waals surface area contributed by atoms with Crippen LogP contribution in [0.4, 0.5) is 0 Å². The van der Waals surface area contributed by atoms with Crippen LogP contribution in [-0.4, -0.2) is 23.9 Å². The molecule has 0 spiro atoms. The standard InChI is InChI=1S/C14H23NO/c1-3-11-15(4-2)14(16)12-13-9-7-5-6-8-10-13/h1,13H,4-12H2,2H3. The summed E-state index contributed by atoms with van der Waals surface area (Å²) in [5.74, 6) is 3.40. The zero-order chi connectivity index (χ0) is 11.8. The van der Waals surface area contributed by atoms with Gasteiger partial charge in [-0.15, -0.1) is 6.42 Å². The third-order valence-electron chi connectivity index (χ3n) is 3.45. The Balaban J connectivity index is 2.39. The van der Waals surface area contributed by atoms with E-state index >= 15 is 0 Å². The molecule has 0 atom stereocenters. The molecule has 0 unspecified atom stereocenters. The molecule has 0 N–H and O–H groups in total. The van der Waals surface area contributed by atoms with Gasteiger partial charge >= 0.3 is 0 Å². The van der Waals surface area contributed by atoms with Crippen molar-refractivity contribution in [1.82, 2.24) is 4.90 Å². The van der Waals surface area contributed by atoms with E-state index in [1.165, 1.54) is 38.5 Å². The molecule has 1 saturated carbocycles. The summed E-state index contributed by atoms with van der Waals surface area (Å²) in [6, 6.07) is 0. The first-order valence-electron chi connectivity index (χ1n) is 6.49. The van der Waals surface area contributed by atoms with Gasteiger partial charge in [0.15, 0.2) is 0 Å². The molecule has 0 aromatic carbocycles. The van der Waals surface area contributed by atoms with Crippen LogP contribution in [0.15, 0.2) is 0 Å². The van der Waals surface area contributed by atoms with Crippen LogP contribution in [0.1, 0.15) is 51.9 Å². The Morgan fingerprint density at radius 1 is 1.31 bits per heavy atom. The van der Waals surface area contributed by atoms with Crippen molar-refractivity contribution < 1.29 is 4.79 Å². The normalized spacial score (nSPS) is 17.5. The van der Waals surface area contributed by atoms with Crippen LogP contribution < -0.4 is 0 Å². The third-order valence-corrected chi connectivity index (χ3v) is 3.45. The summed E-state index contributed by atoms with van der Waals surface area (Å²) in [7, 11) is 0. The maximum atomic E-state index is 12.0. The summed E-state index contributed by atoms with van der Waals surface area (Å²) in [6.45, 7) is 3.18. The van der Waals surface area contributed by atoms with E-state index in [0.717, 1.165) is 6.54 Å². The average molecular weight is 221 g/mol. The maximum Gasteiger partial charge on any atom is 0.223 e. The number of amides is 1. The number of carbonyl (C=O) groups excluding carboxylic acids is 1. The first-order valence-corrected chi connectivity index (χ1v) is 6.49. The maximum absolute atomic E-state index is 12.0. The molecule has 1 amide bonds. The van der Waals surface area contributed by atoms with Crippen LogP contribution in [0.25, 0.3) is 0 Å². The Hall–Kier alpha value is -0.970. The van der Waals surface area contributed by atoms with Crippen molar-refractivity contribution in [1.29, 1.82) is 0 Å². The molecule has 0 bridgehead atoms. The second-order valence-corrected chi connectivity index (χ2v) is 4.67. The first-order chi connectivity index (χ1) is 7.77. The number of rotatable bonds is 4. The molecule has 0 aliphatic heterocycles. The van der Waals surface area contributed by atoms with Crippen LogP contribution in [0.5, 0.6) is 0 Å². The molecular formula is C14H23NO.